The standard InChI is InChI=1S/C18H26N2O3/c1-13(2)8-9-20-12-15(10-17(20)21)18(22)19-11-14-4-6-16(23-3)7-5-14/h4-7,13,15H,8-12H2,1-3H3,(H,19,22)/t15-/m1/s1. The Morgan fingerprint density at radius 1 is 1.35 bits per heavy atom. The van der Waals surface area contributed by atoms with Crippen LogP contribution in [0.2, 0.25) is 0 Å². The lowest BCUT2D eigenvalue weighted by Crippen LogP contribution is -2.33. The van der Waals surface area contributed by atoms with E-state index in [1.54, 1.807) is 7.11 Å². The number of amides is 2. The van der Waals surface area contributed by atoms with E-state index in [0.717, 1.165) is 24.3 Å². The van der Waals surface area contributed by atoms with Gasteiger partial charge in [-0.1, -0.05) is 26.0 Å². The van der Waals surface area contributed by atoms with Gasteiger partial charge in [0.25, 0.3) is 0 Å². The molecule has 1 aliphatic rings. The average Bonchev–Trinajstić information content (AvgIpc) is 2.92. The van der Waals surface area contributed by atoms with Gasteiger partial charge in [-0.15, -0.1) is 0 Å². The number of nitrogens with one attached hydrogen (secondary N) is 1. The summed E-state index contributed by atoms with van der Waals surface area (Å²) in [5.41, 5.74) is 1.01. The molecule has 1 N–H and O–H groups in total. The second-order valence-corrected chi connectivity index (χ2v) is 6.49. The Morgan fingerprint density at radius 2 is 2.04 bits per heavy atom. The summed E-state index contributed by atoms with van der Waals surface area (Å²) in [7, 11) is 1.62. The van der Waals surface area contributed by atoms with Crippen molar-refractivity contribution in [1.82, 2.24) is 10.2 Å². The zero-order valence-electron chi connectivity index (χ0n) is 14.2. The lowest BCUT2D eigenvalue weighted by molar-refractivity contribution is -0.129. The highest BCUT2D eigenvalue weighted by Gasteiger charge is 2.33. The normalized spacial score (nSPS) is 17.7. The molecule has 0 spiro atoms. The number of hydrogen-bond donors (Lipinski definition) is 1. The van der Waals surface area contributed by atoms with E-state index in [2.05, 4.69) is 19.2 Å². The summed E-state index contributed by atoms with van der Waals surface area (Å²) in [4.78, 5) is 26.1. The molecule has 126 valence electrons. The summed E-state index contributed by atoms with van der Waals surface area (Å²) >= 11 is 0. The van der Waals surface area contributed by atoms with Crippen LogP contribution >= 0.6 is 0 Å². The topological polar surface area (TPSA) is 58.6 Å². The maximum absolute atomic E-state index is 12.3. The highest BCUT2D eigenvalue weighted by atomic mass is 16.5. The Morgan fingerprint density at radius 3 is 2.65 bits per heavy atom. The molecule has 0 aromatic heterocycles. The van der Waals surface area contributed by atoms with E-state index in [1.165, 1.54) is 0 Å². The van der Waals surface area contributed by atoms with Gasteiger partial charge in [-0.25, -0.2) is 0 Å². The van der Waals surface area contributed by atoms with Crippen LogP contribution in [0.1, 0.15) is 32.3 Å². The predicted molar refractivity (Wildman–Crippen MR) is 89.0 cm³/mol. The van der Waals surface area contributed by atoms with E-state index < -0.39 is 0 Å². The monoisotopic (exact) mass is 318 g/mol. The third kappa shape index (κ3) is 4.98. The second kappa shape index (κ2) is 7.99. The lowest BCUT2D eigenvalue weighted by atomic mass is 10.1. The minimum atomic E-state index is -0.229. The number of nitrogens with zero attached hydrogens (tertiary/aromatic N) is 1. The molecule has 0 unspecified atom stereocenters. The maximum Gasteiger partial charge on any atom is 0.225 e. The Labute approximate surface area is 138 Å². The highest BCUT2D eigenvalue weighted by molar-refractivity contribution is 5.89. The molecular formula is C18H26N2O3. The number of hydrogen-bond acceptors (Lipinski definition) is 3. The molecule has 0 saturated carbocycles. The van der Waals surface area contributed by atoms with Crippen LogP contribution in [0.4, 0.5) is 0 Å². The van der Waals surface area contributed by atoms with Gasteiger partial charge in [0.05, 0.1) is 13.0 Å². The Kier molecular flexibility index (Phi) is 6.02. The highest BCUT2D eigenvalue weighted by Crippen LogP contribution is 2.19. The van der Waals surface area contributed by atoms with E-state index in [4.69, 9.17) is 4.74 Å². The zero-order chi connectivity index (χ0) is 16.8. The van der Waals surface area contributed by atoms with Gasteiger partial charge in [0.15, 0.2) is 0 Å². The molecule has 2 amide bonds. The van der Waals surface area contributed by atoms with Crippen LogP contribution in [-0.4, -0.2) is 36.9 Å². The third-order valence-corrected chi connectivity index (χ3v) is 4.19. The van der Waals surface area contributed by atoms with Gasteiger partial charge in [0, 0.05) is 26.1 Å². The Hall–Kier alpha value is -2.04. The van der Waals surface area contributed by atoms with E-state index >= 15 is 0 Å². The summed E-state index contributed by atoms with van der Waals surface area (Å²) in [6.45, 7) is 6.04. The van der Waals surface area contributed by atoms with Gasteiger partial charge < -0.3 is 15.0 Å². The van der Waals surface area contributed by atoms with Crippen LogP contribution < -0.4 is 10.1 Å². The molecule has 0 radical (unpaired) electrons. The van der Waals surface area contributed by atoms with E-state index in [9.17, 15) is 9.59 Å². The van der Waals surface area contributed by atoms with Crippen molar-refractivity contribution in [1.29, 1.82) is 0 Å². The zero-order valence-corrected chi connectivity index (χ0v) is 14.2. The molecule has 5 nitrogen and oxygen atoms in total. The quantitative estimate of drug-likeness (QED) is 0.838. The van der Waals surface area contributed by atoms with Crippen molar-refractivity contribution in [2.45, 2.75) is 33.2 Å². The fraction of sp³-hybridized carbons (Fsp3) is 0.556. The summed E-state index contributed by atoms with van der Waals surface area (Å²) in [6.07, 6.45) is 1.30. The van der Waals surface area contributed by atoms with Crippen LogP contribution in [0.5, 0.6) is 5.75 Å². The number of benzene rings is 1. The first-order chi connectivity index (χ1) is 11.0. The van der Waals surface area contributed by atoms with Gasteiger partial charge in [-0.05, 0) is 30.0 Å². The van der Waals surface area contributed by atoms with Crippen molar-refractivity contribution >= 4 is 11.8 Å². The number of likely N-dealkylation sites (tertiary alicyclic amines) is 1. The van der Waals surface area contributed by atoms with Gasteiger partial charge in [-0.2, -0.15) is 0 Å². The number of carbonyl (C=O) groups is 2. The fourth-order valence-corrected chi connectivity index (χ4v) is 2.65. The molecule has 1 fully saturated rings. The van der Waals surface area contributed by atoms with Crippen molar-refractivity contribution in [2.24, 2.45) is 11.8 Å². The second-order valence-electron chi connectivity index (χ2n) is 6.49. The molecule has 0 aliphatic carbocycles. The molecule has 2 rings (SSSR count). The first-order valence-corrected chi connectivity index (χ1v) is 8.18. The minimum Gasteiger partial charge on any atom is -0.497 e. The average molecular weight is 318 g/mol. The Balaban J connectivity index is 1.80. The van der Waals surface area contributed by atoms with E-state index in [1.807, 2.05) is 29.2 Å². The van der Waals surface area contributed by atoms with E-state index in [-0.39, 0.29) is 17.7 Å². The van der Waals surface area contributed by atoms with Crippen LogP contribution in [-0.2, 0) is 16.1 Å². The first-order valence-electron chi connectivity index (χ1n) is 8.18. The molecule has 1 aromatic rings. The van der Waals surface area contributed by atoms with Gasteiger partial charge in [0.2, 0.25) is 11.8 Å². The van der Waals surface area contributed by atoms with Gasteiger partial charge in [-0.3, -0.25) is 9.59 Å². The molecule has 5 heteroatoms. The minimum absolute atomic E-state index is 0.0405. The number of methoxy groups -OCH3 is 1. The molecule has 23 heavy (non-hydrogen) atoms. The lowest BCUT2D eigenvalue weighted by Gasteiger charge is -2.17. The number of ether oxygens (including phenoxy) is 1. The van der Waals surface area contributed by atoms with E-state index in [0.29, 0.717) is 25.4 Å². The predicted octanol–water partition coefficient (Wildman–Crippen LogP) is 2.21. The van der Waals surface area contributed by atoms with Crippen LogP contribution in [0.25, 0.3) is 0 Å². The van der Waals surface area contributed by atoms with Gasteiger partial charge in [0.1, 0.15) is 5.75 Å². The number of rotatable bonds is 7. The van der Waals surface area contributed by atoms with Crippen LogP contribution in [0.15, 0.2) is 24.3 Å². The first kappa shape index (κ1) is 17.3. The molecular weight excluding hydrogens is 292 g/mol. The Bertz CT molecular complexity index is 540. The fourth-order valence-electron chi connectivity index (χ4n) is 2.65. The molecule has 1 heterocycles. The maximum atomic E-state index is 12.3. The summed E-state index contributed by atoms with van der Waals surface area (Å²) in [5, 5.41) is 2.93. The smallest absolute Gasteiger partial charge is 0.225 e. The van der Waals surface area contributed by atoms with Crippen molar-refractivity contribution in [3.05, 3.63) is 29.8 Å². The van der Waals surface area contributed by atoms with Crippen molar-refractivity contribution < 1.29 is 14.3 Å². The molecule has 1 aliphatic heterocycles. The SMILES string of the molecule is COc1ccc(CNC(=O)[C@@H]2CC(=O)N(CCC(C)C)C2)cc1. The van der Waals surface area contributed by atoms with Crippen molar-refractivity contribution in [2.75, 3.05) is 20.2 Å². The molecule has 1 saturated heterocycles. The molecule has 1 aromatic carbocycles. The van der Waals surface area contributed by atoms with Gasteiger partial charge >= 0.3 is 0 Å². The summed E-state index contributed by atoms with van der Waals surface area (Å²) in [6, 6.07) is 7.59. The van der Waals surface area contributed by atoms with Crippen molar-refractivity contribution in [3.63, 3.8) is 0 Å². The number of carbonyl (C=O) groups excluding carboxylic acids is 2. The molecule has 0 bridgehead atoms. The largest absolute Gasteiger partial charge is 0.497 e. The molecule has 1 atom stereocenters. The van der Waals surface area contributed by atoms with Crippen molar-refractivity contribution in [3.8, 4) is 5.75 Å². The summed E-state index contributed by atoms with van der Waals surface area (Å²) in [5.74, 6) is 1.18. The van der Waals surface area contributed by atoms with Crippen LogP contribution in [0.3, 0.4) is 0 Å². The third-order valence-electron chi connectivity index (χ3n) is 4.19. The van der Waals surface area contributed by atoms with Crippen LogP contribution in [0, 0.1) is 11.8 Å². The summed E-state index contributed by atoms with van der Waals surface area (Å²) < 4.78 is 5.11.